The average molecular weight is 261 g/mol. The minimum absolute atomic E-state index is 0.101. The van der Waals surface area contributed by atoms with E-state index in [0.717, 1.165) is 0 Å². The smallest absolute Gasteiger partial charge is 0.200 e. The number of Topliss-reactive ketones (excluding diaryl/α,β-unsaturated/α-hetero) is 1. The summed E-state index contributed by atoms with van der Waals surface area (Å²) < 4.78 is 1.87. The Morgan fingerprint density at radius 3 is 2.50 bits per heavy atom. The highest BCUT2D eigenvalue weighted by atomic mass is 79.9. The van der Waals surface area contributed by atoms with Crippen LogP contribution in [0.2, 0.25) is 0 Å². The van der Waals surface area contributed by atoms with Crippen molar-refractivity contribution < 1.29 is 4.79 Å². The number of carbonyl (C=O) groups is 1. The zero-order valence-electron chi connectivity index (χ0n) is 8.36. The molecule has 0 radical (unpaired) electrons. The molecular weight excluding hydrogens is 248 g/mol. The highest BCUT2D eigenvalue weighted by molar-refractivity contribution is 9.10. The van der Waals surface area contributed by atoms with Gasteiger partial charge in [-0.3, -0.25) is 4.79 Å². The fraction of sp³-hybridized carbons (Fsp3) is 0.625. The number of ketones is 1. The lowest BCUT2D eigenvalue weighted by Crippen LogP contribution is -2.36. The molecule has 1 rings (SSSR count). The second-order valence-corrected chi connectivity index (χ2v) is 4.24. The first kappa shape index (κ1) is 11.3. The Bertz CT molecular complexity index is 328. The van der Waals surface area contributed by atoms with Gasteiger partial charge in [0.2, 0.25) is 5.78 Å². The SMILES string of the molecule is CC(C)C(N)C(=O)c1c(Br)nnn1C. The van der Waals surface area contributed by atoms with Gasteiger partial charge in [0, 0.05) is 7.05 Å². The molecule has 14 heavy (non-hydrogen) atoms. The summed E-state index contributed by atoms with van der Waals surface area (Å²) >= 11 is 3.16. The molecule has 1 unspecified atom stereocenters. The molecule has 2 N–H and O–H groups in total. The van der Waals surface area contributed by atoms with E-state index in [2.05, 4.69) is 26.2 Å². The molecular formula is C8H13BrN4O. The second kappa shape index (κ2) is 4.18. The first-order chi connectivity index (χ1) is 6.45. The lowest BCUT2D eigenvalue weighted by molar-refractivity contribution is 0.0930. The number of rotatable bonds is 3. The van der Waals surface area contributed by atoms with Crippen molar-refractivity contribution >= 4 is 21.7 Å². The van der Waals surface area contributed by atoms with Crippen LogP contribution in [-0.2, 0) is 7.05 Å². The predicted octanol–water partition coefficient (Wildman–Crippen LogP) is 0.744. The van der Waals surface area contributed by atoms with Crippen molar-refractivity contribution in [2.75, 3.05) is 0 Å². The largest absolute Gasteiger partial charge is 0.321 e. The number of aryl methyl sites for hydroxylation is 1. The first-order valence-corrected chi connectivity index (χ1v) is 5.09. The van der Waals surface area contributed by atoms with Crippen molar-refractivity contribution in [2.45, 2.75) is 19.9 Å². The van der Waals surface area contributed by atoms with Crippen LogP contribution in [0, 0.1) is 5.92 Å². The van der Waals surface area contributed by atoms with E-state index in [4.69, 9.17) is 5.73 Å². The molecule has 1 aromatic rings. The van der Waals surface area contributed by atoms with Gasteiger partial charge in [0.05, 0.1) is 6.04 Å². The van der Waals surface area contributed by atoms with Crippen molar-refractivity contribution in [3.05, 3.63) is 10.3 Å². The molecule has 1 aromatic heterocycles. The fourth-order valence-corrected chi connectivity index (χ4v) is 1.58. The number of nitrogens with two attached hydrogens (primary N) is 1. The molecule has 0 spiro atoms. The lowest BCUT2D eigenvalue weighted by atomic mass is 9.99. The maximum atomic E-state index is 11.8. The molecule has 0 amide bonds. The molecule has 0 aliphatic rings. The van der Waals surface area contributed by atoms with Crippen LogP contribution in [-0.4, -0.2) is 26.8 Å². The van der Waals surface area contributed by atoms with Gasteiger partial charge >= 0.3 is 0 Å². The standard InChI is InChI=1S/C8H13BrN4O/c1-4(2)5(10)7(14)6-8(9)11-12-13(6)3/h4-5H,10H2,1-3H3. The van der Waals surface area contributed by atoms with Gasteiger partial charge in [0.15, 0.2) is 4.60 Å². The zero-order valence-corrected chi connectivity index (χ0v) is 9.95. The molecule has 0 fully saturated rings. The third-order valence-corrected chi connectivity index (χ3v) is 2.57. The van der Waals surface area contributed by atoms with Gasteiger partial charge in [-0.25, -0.2) is 4.68 Å². The molecule has 6 heteroatoms. The second-order valence-electron chi connectivity index (χ2n) is 3.49. The minimum atomic E-state index is -0.511. The molecule has 1 heterocycles. The number of carbonyl (C=O) groups excluding carboxylic acids is 1. The van der Waals surface area contributed by atoms with Crippen molar-refractivity contribution in [2.24, 2.45) is 18.7 Å². The van der Waals surface area contributed by atoms with Gasteiger partial charge in [-0.15, -0.1) is 5.10 Å². The highest BCUT2D eigenvalue weighted by Gasteiger charge is 2.24. The summed E-state index contributed by atoms with van der Waals surface area (Å²) in [5, 5.41) is 7.45. The third-order valence-electron chi connectivity index (χ3n) is 2.04. The predicted molar refractivity (Wildman–Crippen MR) is 55.8 cm³/mol. The van der Waals surface area contributed by atoms with Crippen LogP contribution in [0.25, 0.3) is 0 Å². The molecule has 1 atom stereocenters. The third kappa shape index (κ3) is 2.01. The molecule has 5 nitrogen and oxygen atoms in total. The van der Waals surface area contributed by atoms with E-state index in [0.29, 0.717) is 10.3 Å². The Balaban J connectivity index is 3.00. The van der Waals surface area contributed by atoms with Crippen LogP contribution in [0.3, 0.4) is 0 Å². The minimum Gasteiger partial charge on any atom is -0.321 e. The summed E-state index contributed by atoms with van der Waals surface area (Å²) in [5.41, 5.74) is 6.17. The molecule has 0 aliphatic heterocycles. The van der Waals surface area contributed by atoms with Crippen LogP contribution in [0.15, 0.2) is 4.60 Å². The Morgan fingerprint density at radius 1 is 1.57 bits per heavy atom. The summed E-state index contributed by atoms with van der Waals surface area (Å²) in [6, 6.07) is -0.511. The van der Waals surface area contributed by atoms with Crippen molar-refractivity contribution in [3.63, 3.8) is 0 Å². The molecule has 0 aromatic carbocycles. The summed E-state index contributed by atoms with van der Waals surface area (Å²) in [4.78, 5) is 11.8. The van der Waals surface area contributed by atoms with Crippen LogP contribution >= 0.6 is 15.9 Å². The van der Waals surface area contributed by atoms with Crippen molar-refractivity contribution in [1.29, 1.82) is 0 Å². The zero-order chi connectivity index (χ0) is 10.9. The summed E-state index contributed by atoms with van der Waals surface area (Å²) in [7, 11) is 1.66. The van der Waals surface area contributed by atoms with Crippen LogP contribution in [0.4, 0.5) is 0 Å². The Labute approximate surface area is 90.8 Å². The average Bonchev–Trinajstić information content (AvgIpc) is 2.44. The molecule has 0 saturated heterocycles. The number of hydrogen-bond acceptors (Lipinski definition) is 4. The van der Waals surface area contributed by atoms with Gasteiger partial charge < -0.3 is 5.73 Å². The Hall–Kier alpha value is -0.750. The van der Waals surface area contributed by atoms with Crippen LogP contribution in [0.1, 0.15) is 24.3 Å². The van der Waals surface area contributed by atoms with Gasteiger partial charge in [0.1, 0.15) is 5.69 Å². The molecule has 0 aliphatic carbocycles. The van der Waals surface area contributed by atoms with Crippen molar-refractivity contribution in [3.8, 4) is 0 Å². The normalized spacial score (nSPS) is 13.3. The van der Waals surface area contributed by atoms with E-state index in [1.165, 1.54) is 4.68 Å². The van der Waals surface area contributed by atoms with E-state index in [9.17, 15) is 4.79 Å². The first-order valence-electron chi connectivity index (χ1n) is 4.30. The van der Waals surface area contributed by atoms with Crippen LogP contribution < -0.4 is 5.73 Å². The number of halogens is 1. The van der Waals surface area contributed by atoms with Gasteiger partial charge in [-0.1, -0.05) is 19.1 Å². The maximum absolute atomic E-state index is 11.8. The summed E-state index contributed by atoms with van der Waals surface area (Å²) in [6.07, 6.45) is 0. The van der Waals surface area contributed by atoms with Crippen LogP contribution in [0.5, 0.6) is 0 Å². The van der Waals surface area contributed by atoms with Crippen molar-refractivity contribution in [1.82, 2.24) is 15.0 Å². The van der Waals surface area contributed by atoms with Gasteiger partial charge in [-0.2, -0.15) is 0 Å². The van der Waals surface area contributed by atoms with E-state index >= 15 is 0 Å². The quantitative estimate of drug-likeness (QED) is 0.814. The summed E-state index contributed by atoms with van der Waals surface area (Å²) in [6.45, 7) is 3.81. The number of nitrogens with zero attached hydrogens (tertiary/aromatic N) is 3. The van der Waals surface area contributed by atoms with E-state index in [1.54, 1.807) is 7.05 Å². The number of aromatic nitrogens is 3. The van der Waals surface area contributed by atoms with E-state index < -0.39 is 6.04 Å². The molecule has 78 valence electrons. The lowest BCUT2D eigenvalue weighted by Gasteiger charge is -2.13. The highest BCUT2D eigenvalue weighted by Crippen LogP contribution is 2.15. The maximum Gasteiger partial charge on any atom is 0.200 e. The molecule has 0 bridgehead atoms. The van der Waals surface area contributed by atoms with Gasteiger partial charge in [-0.05, 0) is 21.8 Å². The monoisotopic (exact) mass is 260 g/mol. The Morgan fingerprint density at radius 2 is 2.14 bits per heavy atom. The van der Waals surface area contributed by atoms with Gasteiger partial charge in [0.25, 0.3) is 0 Å². The Kier molecular flexibility index (Phi) is 3.38. The van der Waals surface area contributed by atoms with E-state index in [1.807, 2.05) is 13.8 Å². The molecule has 0 saturated carbocycles. The fourth-order valence-electron chi connectivity index (χ4n) is 1.05. The van der Waals surface area contributed by atoms with E-state index in [-0.39, 0.29) is 11.7 Å². The number of hydrogen-bond donors (Lipinski definition) is 1. The topological polar surface area (TPSA) is 73.8 Å². The summed E-state index contributed by atoms with van der Waals surface area (Å²) in [5.74, 6) is -0.0383.